The number of hydrogen-bond acceptors (Lipinski definition) is 6. The fourth-order valence-corrected chi connectivity index (χ4v) is 4.19. The molecule has 2 N–H and O–H groups in total. The molecule has 0 bridgehead atoms. The van der Waals surface area contributed by atoms with Crippen molar-refractivity contribution in [2.75, 3.05) is 39.0 Å². The summed E-state index contributed by atoms with van der Waals surface area (Å²) in [4.78, 5) is 9.10. The molecule has 136 valence electrons. The lowest BCUT2D eigenvalue weighted by Gasteiger charge is -2.25. The van der Waals surface area contributed by atoms with Gasteiger partial charge in [0.1, 0.15) is 11.6 Å². The van der Waals surface area contributed by atoms with Gasteiger partial charge < -0.3 is 10.6 Å². The smallest absolute Gasteiger partial charge is 0.282 e. The Bertz CT molecular complexity index is 641. The van der Waals surface area contributed by atoms with Crippen LogP contribution in [0.5, 0.6) is 0 Å². The first-order valence-corrected chi connectivity index (χ1v) is 9.82. The van der Waals surface area contributed by atoms with Crippen LogP contribution >= 0.6 is 0 Å². The maximum Gasteiger partial charge on any atom is 0.282 e. The predicted octanol–water partition coefficient (Wildman–Crippen LogP) is 0.961. The van der Waals surface area contributed by atoms with Crippen molar-refractivity contribution in [2.45, 2.75) is 39.3 Å². The van der Waals surface area contributed by atoms with Crippen molar-refractivity contribution in [3.05, 3.63) is 17.6 Å². The van der Waals surface area contributed by atoms with E-state index in [0.29, 0.717) is 24.6 Å². The predicted molar refractivity (Wildman–Crippen MR) is 94.9 cm³/mol. The topological polar surface area (TPSA) is 90.5 Å². The minimum Gasteiger partial charge on any atom is -0.373 e. The molecule has 0 aromatic carbocycles. The molecular formula is C15H28N6O2S. The van der Waals surface area contributed by atoms with Crippen molar-refractivity contribution >= 4 is 16.0 Å². The van der Waals surface area contributed by atoms with Gasteiger partial charge in [-0.3, -0.25) is 0 Å². The Kier molecular flexibility index (Phi) is 6.50. The Labute approximate surface area is 144 Å². The quantitative estimate of drug-likeness (QED) is 0.721. The third kappa shape index (κ3) is 4.21. The number of aromatic nitrogens is 2. The Morgan fingerprint density at radius 3 is 2.58 bits per heavy atom. The number of nitrogens with one attached hydrogen (secondary N) is 2. The molecule has 1 atom stereocenters. The average Bonchev–Trinajstić information content (AvgIpc) is 3.09. The van der Waals surface area contributed by atoms with Crippen LogP contribution in [0.15, 0.2) is 6.07 Å². The molecule has 1 aromatic heterocycles. The van der Waals surface area contributed by atoms with Gasteiger partial charge in [0.25, 0.3) is 10.2 Å². The van der Waals surface area contributed by atoms with Crippen molar-refractivity contribution in [2.24, 2.45) is 0 Å². The van der Waals surface area contributed by atoms with Gasteiger partial charge in [-0.05, 0) is 19.4 Å². The summed E-state index contributed by atoms with van der Waals surface area (Å²) in [5, 5.41) is 6.41. The van der Waals surface area contributed by atoms with E-state index < -0.39 is 10.2 Å². The zero-order valence-corrected chi connectivity index (χ0v) is 15.7. The third-order valence-corrected chi connectivity index (χ3v) is 6.32. The highest BCUT2D eigenvalue weighted by Gasteiger charge is 2.26. The highest BCUT2D eigenvalue weighted by atomic mass is 32.2. The number of rotatable bonds is 8. The molecule has 0 saturated carbocycles. The molecule has 24 heavy (non-hydrogen) atoms. The van der Waals surface area contributed by atoms with E-state index in [1.807, 2.05) is 13.8 Å². The molecule has 2 heterocycles. The van der Waals surface area contributed by atoms with E-state index in [1.54, 1.807) is 20.2 Å². The lowest BCUT2D eigenvalue weighted by atomic mass is 10.2. The first kappa shape index (κ1) is 19.0. The summed E-state index contributed by atoms with van der Waals surface area (Å²) in [6.07, 6.45) is 2.10. The summed E-state index contributed by atoms with van der Waals surface area (Å²) in [6, 6.07) is 1.94. The van der Waals surface area contributed by atoms with Gasteiger partial charge in [-0.15, -0.1) is 0 Å². The standard InChI is InChI=1S/C15H28N6O2S/c1-5-21(6-2)24(22,23)20(4)11-12-10-14(16-3)19-15(18-12)13-8-7-9-17-13/h10,13,17H,5-9,11H2,1-4H3,(H,16,18,19)/t13-/m0/s1. The van der Waals surface area contributed by atoms with E-state index in [9.17, 15) is 8.42 Å². The molecule has 0 spiro atoms. The fourth-order valence-electron chi connectivity index (χ4n) is 2.84. The Morgan fingerprint density at radius 1 is 1.33 bits per heavy atom. The summed E-state index contributed by atoms with van der Waals surface area (Å²) in [7, 11) is -0.0951. The number of nitrogens with zero attached hydrogens (tertiary/aromatic N) is 4. The van der Waals surface area contributed by atoms with E-state index in [-0.39, 0.29) is 12.6 Å². The van der Waals surface area contributed by atoms with Crippen LogP contribution < -0.4 is 10.6 Å². The Hall–Kier alpha value is -1.29. The molecule has 0 radical (unpaired) electrons. The van der Waals surface area contributed by atoms with Crippen LogP contribution in [0.1, 0.15) is 44.2 Å². The zero-order chi connectivity index (χ0) is 17.7. The van der Waals surface area contributed by atoms with Crippen LogP contribution in [-0.4, -0.2) is 60.7 Å². The molecule has 0 aliphatic carbocycles. The van der Waals surface area contributed by atoms with Crippen LogP contribution in [0, 0.1) is 0 Å². The van der Waals surface area contributed by atoms with Gasteiger partial charge >= 0.3 is 0 Å². The molecule has 1 aromatic rings. The zero-order valence-electron chi connectivity index (χ0n) is 14.9. The first-order valence-electron chi connectivity index (χ1n) is 8.42. The van der Waals surface area contributed by atoms with E-state index in [1.165, 1.54) is 8.61 Å². The van der Waals surface area contributed by atoms with Crippen molar-refractivity contribution < 1.29 is 8.42 Å². The normalized spacial score (nSPS) is 18.5. The van der Waals surface area contributed by atoms with Gasteiger partial charge in [0.2, 0.25) is 0 Å². The first-order chi connectivity index (χ1) is 11.4. The maximum absolute atomic E-state index is 12.6. The van der Waals surface area contributed by atoms with Crippen LogP contribution in [0.25, 0.3) is 0 Å². The van der Waals surface area contributed by atoms with E-state index in [0.717, 1.165) is 25.2 Å². The number of hydrogen-bond donors (Lipinski definition) is 2. The molecule has 1 aliphatic heterocycles. The molecule has 0 amide bonds. The minimum absolute atomic E-state index is 0.141. The molecule has 8 nitrogen and oxygen atoms in total. The van der Waals surface area contributed by atoms with Crippen LogP contribution in [0.3, 0.4) is 0 Å². The van der Waals surface area contributed by atoms with E-state index in [2.05, 4.69) is 20.6 Å². The monoisotopic (exact) mass is 356 g/mol. The van der Waals surface area contributed by atoms with Crippen LogP contribution in [0.2, 0.25) is 0 Å². The fraction of sp³-hybridized carbons (Fsp3) is 0.733. The third-order valence-electron chi connectivity index (χ3n) is 4.23. The van der Waals surface area contributed by atoms with Crippen LogP contribution in [-0.2, 0) is 16.8 Å². The van der Waals surface area contributed by atoms with Crippen LogP contribution in [0.4, 0.5) is 5.82 Å². The largest absolute Gasteiger partial charge is 0.373 e. The van der Waals surface area contributed by atoms with Gasteiger partial charge in [-0.2, -0.15) is 17.0 Å². The lowest BCUT2D eigenvalue weighted by Crippen LogP contribution is -2.41. The van der Waals surface area contributed by atoms with Crippen molar-refractivity contribution in [1.29, 1.82) is 0 Å². The molecule has 1 aliphatic rings. The summed E-state index contributed by atoms with van der Waals surface area (Å²) in [5.74, 6) is 1.43. The minimum atomic E-state index is -3.48. The summed E-state index contributed by atoms with van der Waals surface area (Å²) in [5.41, 5.74) is 0.691. The van der Waals surface area contributed by atoms with Gasteiger partial charge in [0, 0.05) is 33.3 Å². The summed E-state index contributed by atoms with van der Waals surface area (Å²) in [6.45, 7) is 5.75. The van der Waals surface area contributed by atoms with Gasteiger partial charge in [0.15, 0.2) is 0 Å². The molecular weight excluding hydrogens is 328 g/mol. The highest BCUT2D eigenvalue weighted by molar-refractivity contribution is 7.86. The van der Waals surface area contributed by atoms with Crippen molar-refractivity contribution in [3.8, 4) is 0 Å². The molecule has 2 rings (SSSR count). The molecule has 1 saturated heterocycles. The van der Waals surface area contributed by atoms with Gasteiger partial charge in [-0.25, -0.2) is 9.97 Å². The Balaban J connectivity index is 2.23. The second-order valence-electron chi connectivity index (χ2n) is 5.85. The molecule has 0 unspecified atom stereocenters. The average molecular weight is 356 g/mol. The maximum atomic E-state index is 12.6. The molecule has 1 fully saturated rings. The molecule has 9 heteroatoms. The van der Waals surface area contributed by atoms with Crippen molar-refractivity contribution in [1.82, 2.24) is 23.9 Å². The SMILES string of the molecule is CCN(CC)S(=O)(=O)N(C)Cc1cc(NC)nc([C@@H]2CCCN2)n1. The number of anilines is 1. The second kappa shape index (κ2) is 8.19. The van der Waals surface area contributed by atoms with Gasteiger partial charge in [-0.1, -0.05) is 13.8 Å². The summed E-state index contributed by atoms with van der Waals surface area (Å²) >= 11 is 0. The lowest BCUT2D eigenvalue weighted by molar-refractivity contribution is 0.372. The van der Waals surface area contributed by atoms with E-state index >= 15 is 0 Å². The highest BCUT2D eigenvalue weighted by Crippen LogP contribution is 2.22. The van der Waals surface area contributed by atoms with Gasteiger partial charge in [0.05, 0.1) is 18.3 Å². The Morgan fingerprint density at radius 2 is 2.04 bits per heavy atom. The second-order valence-corrected chi connectivity index (χ2v) is 7.89. The van der Waals surface area contributed by atoms with Crippen molar-refractivity contribution in [3.63, 3.8) is 0 Å². The van der Waals surface area contributed by atoms with E-state index in [4.69, 9.17) is 0 Å². The summed E-state index contributed by atoms with van der Waals surface area (Å²) < 4.78 is 27.9.